The zero-order valence-corrected chi connectivity index (χ0v) is 16.1. The van der Waals surface area contributed by atoms with E-state index in [1.54, 1.807) is 47.8 Å². The first-order chi connectivity index (χ1) is 13.1. The van der Waals surface area contributed by atoms with Crippen molar-refractivity contribution in [3.8, 4) is 5.75 Å². The zero-order valence-electron chi connectivity index (χ0n) is 15.3. The van der Waals surface area contributed by atoms with Gasteiger partial charge in [0.1, 0.15) is 12.4 Å². The molecule has 5 nitrogen and oxygen atoms in total. The number of rotatable bonds is 7. The minimum absolute atomic E-state index is 0.0666. The lowest BCUT2D eigenvalue weighted by atomic mass is 10.2. The van der Waals surface area contributed by atoms with Crippen molar-refractivity contribution in [3.63, 3.8) is 0 Å². The van der Waals surface area contributed by atoms with Crippen LogP contribution in [0.3, 0.4) is 0 Å². The van der Waals surface area contributed by atoms with Crippen LogP contribution in [0.2, 0.25) is 0 Å². The zero-order chi connectivity index (χ0) is 19.1. The van der Waals surface area contributed by atoms with Crippen molar-refractivity contribution in [1.29, 1.82) is 0 Å². The summed E-state index contributed by atoms with van der Waals surface area (Å²) in [5.74, 6) is 0.682. The Morgan fingerprint density at radius 2 is 2.19 bits per heavy atom. The van der Waals surface area contributed by atoms with E-state index in [0.29, 0.717) is 13.2 Å². The van der Waals surface area contributed by atoms with Gasteiger partial charge in [-0.2, -0.15) is 0 Å². The van der Waals surface area contributed by atoms with Gasteiger partial charge in [-0.25, -0.2) is 4.98 Å². The van der Waals surface area contributed by atoms with Gasteiger partial charge in [0.25, 0.3) is 0 Å². The predicted octanol–water partition coefficient (Wildman–Crippen LogP) is 4.10. The first-order valence-corrected chi connectivity index (χ1v) is 9.44. The number of benzene rings is 1. The monoisotopic (exact) mass is 379 g/mol. The van der Waals surface area contributed by atoms with Crippen molar-refractivity contribution < 1.29 is 9.53 Å². The number of carbonyl (C=O) groups is 1. The summed E-state index contributed by atoms with van der Waals surface area (Å²) in [6, 6.07) is 11.5. The van der Waals surface area contributed by atoms with Crippen molar-refractivity contribution in [2.75, 3.05) is 7.05 Å². The third kappa shape index (κ3) is 5.76. The number of likely N-dealkylation sites (N-methyl/N-ethyl adjacent to an activating group) is 1. The van der Waals surface area contributed by atoms with Crippen LogP contribution in [0.4, 0.5) is 0 Å². The third-order valence-electron chi connectivity index (χ3n) is 3.85. The number of ether oxygens (including phenoxy) is 1. The van der Waals surface area contributed by atoms with Crippen molar-refractivity contribution in [3.05, 3.63) is 82.1 Å². The standard InChI is InChI=1S/C21H21N3O2S/c1-16-23-19(15-27-16)14-26-20-7-3-5-17(11-20)8-9-21(25)24(2)13-18-6-4-10-22-12-18/h3-12,15H,13-14H2,1-2H3/b9-8+. The highest BCUT2D eigenvalue weighted by molar-refractivity contribution is 7.09. The SMILES string of the molecule is Cc1nc(COc2cccc(/C=C/C(=O)N(C)Cc3cccnc3)c2)cs1. The van der Waals surface area contributed by atoms with Gasteiger partial charge in [-0.15, -0.1) is 11.3 Å². The van der Waals surface area contributed by atoms with Crippen LogP contribution in [0.5, 0.6) is 5.75 Å². The summed E-state index contributed by atoms with van der Waals surface area (Å²) in [5, 5.41) is 3.02. The second-order valence-corrected chi connectivity index (χ2v) is 7.17. The number of pyridine rings is 1. The molecule has 0 unspecified atom stereocenters. The second kappa shape index (κ2) is 9.09. The summed E-state index contributed by atoms with van der Waals surface area (Å²) >= 11 is 1.61. The Labute approximate surface area is 163 Å². The Balaban J connectivity index is 1.57. The summed E-state index contributed by atoms with van der Waals surface area (Å²) in [5.41, 5.74) is 2.82. The minimum atomic E-state index is -0.0666. The van der Waals surface area contributed by atoms with Crippen LogP contribution in [-0.2, 0) is 17.9 Å². The van der Waals surface area contributed by atoms with Crippen molar-refractivity contribution in [1.82, 2.24) is 14.9 Å². The predicted molar refractivity (Wildman–Crippen MR) is 107 cm³/mol. The van der Waals surface area contributed by atoms with Crippen molar-refractivity contribution in [2.45, 2.75) is 20.1 Å². The fourth-order valence-electron chi connectivity index (χ4n) is 2.48. The maximum Gasteiger partial charge on any atom is 0.246 e. The third-order valence-corrected chi connectivity index (χ3v) is 4.67. The lowest BCUT2D eigenvalue weighted by molar-refractivity contribution is -0.125. The molecule has 0 spiro atoms. The molecule has 1 amide bonds. The van der Waals surface area contributed by atoms with Crippen LogP contribution < -0.4 is 4.74 Å². The van der Waals surface area contributed by atoms with Crippen LogP contribution in [-0.4, -0.2) is 27.8 Å². The van der Waals surface area contributed by atoms with Gasteiger partial charge in [-0.3, -0.25) is 9.78 Å². The highest BCUT2D eigenvalue weighted by Gasteiger charge is 2.06. The van der Waals surface area contributed by atoms with Gasteiger partial charge in [0.2, 0.25) is 5.91 Å². The maximum atomic E-state index is 12.3. The quantitative estimate of drug-likeness (QED) is 0.580. The molecule has 0 N–H and O–H groups in total. The number of aromatic nitrogens is 2. The first kappa shape index (κ1) is 18.8. The summed E-state index contributed by atoms with van der Waals surface area (Å²) in [6.07, 6.45) is 6.84. The van der Waals surface area contributed by atoms with Crippen LogP contribution in [0.1, 0.15) is 21.8 Å². The molecule has 3 aromatic rings. The molecule has 3 rings (SSSR count). The Hall–Kier alpha value is -2.99. The number of nitrogens with zero attached hydrogens (tertiary/aromatic N) is 3. The van der Waals surface area contributed by atoms with E-state index in [9.17, 15) is 4.79 Å². The van der Waals surface area contributed by atoms with Crippen molar-refractivity contribution >= 4 is 23.3 Å². The molecule has 0 aliphatic heterocycles. The highest BCUT2D eigenvalue weighted by atomic mass is 32.1. The van der Waals surface area contributed by atoms with Crippen LogP contribution in [0, 0.1) is 6.92 Å². The topological polar surface area (TPSA) is 55.3 Å². The molecule has 0 fully saturated rings. The van der Waals surface area contributed by atoms with Crippen LogP contribution in [0.15, 0.2) is 60.2 Å². The Morgan fingerprint density at radius 1 is 1.30 bits per heavy atom. The number of aryl methyl sites for hydroxylation is 1. The van der Waals surface area contributed by atoms with Gasteiger partial charge < -0.3 is 9.64 Å². The van der Waals surface area contributed by atoms with Gasteiger partial charge in [-0.05, 0) is 42.3 Å². The van der Waals surface area contributed by atoms with Gasteiger partial charge in [0, 0.05) is 37.4 Å². The number of hydrogen-bond donors (Lipinski definition) is 0. The molecule has 2 aromatic heterocycles. The average Bonchev–Trinajstić information content (AvgIpc) is 3.11. The minimum Gasteiger partial charge on any atom is -0.487 e. The van der Waals surface area contributed by atoms with Crippen LogP contribution >= 0.6 is 11.3 Å². The average molecular weight is 379 g/mol. The molecule has 6 heteroatoms. The fraction of sp³-hybridized carbons (Fsp3) is 0.190. The number of amides is 1. The summed E-state index contributed by atoms with van der Waals surface area (Å²) in [4.78, 5) is 22.4. The van der Waals surface area contributed by atoms with E-state index < -0.39 is 0 Å². The molecule has 27 heavy (non-hydrogen) atoms. The maximum absolute atomic E-state index is 12.3. The Kier molecular flexibility index (Phi) is 6.33. The molecular formula is C21H21N3O2S. The smallest absolute Gasteiger partial charge is 0.246 e. The van der Waals surface area contributed by atoms with Gasteiger partial charge in [-0.1, -0.05) is 18.2 Å². The van der Waals surface area contributed by atoms with Gasteiger partial charge in [0.15, 0.2) is 0 Å². The van der Waals surface area contributed by atoms with Gasteiger partial charge in [0.05, 0.1) is 10.7 Å². The summed E-state index contributed by atoms with van der Waals surface area (Å²) < 4.78 is 5.79. The molecule has 0 aliphatic rings. The van der Waals surface area contributed by atoms with E-state index in [-0.39, 0.29) is 5.91 Å². The van der Waals surface area contributed by atoms with Crippen molar-refractivity contribution in [2.24, 2.45) is 0 Å². The molecule has 0 saturated carbocycles. The lowest BCUT2D eigenvalue weighted by Crippen LogP contribution is -2.24. The van der Waals surface area contributed by atoms with Gasteiger partial charge >= 0.3 is 0 Å². The fourth-order valence-corrected chi connectivity index (χ4v) is 3.08. The molecule has 0 atom stereocenters. The first-order valence-electron chi connectivity index (χ1n) is 8.56. The number of carbonyl (C=O) groups excluding carboxylic acids is 1. The normalized spacial score (nSPS) is 10.9. The molecule has 1 aromatic carbocycles. The Bertz CT molecular complexity index is 922. The summed E-state index contributed by atoms with van der Waals surface area (Å²) in [6.45, 7) is 2.93. The van der Waals surface area contributed by atoms with E-state index in [4.69, 9.17) is 4.74 Å². The Morgan fingerprint density at radius 3 is 2.93 bits per heavy atom. The molecular weight excluding hydrogens is 358 g/mol. The molecule has 0 radical (unpaired) electrons. The largest absolute Gasteiger partial charge is 0.487 e. The highest BCUT2D eigenvalue weighted by Crippen LogP contribution is 2.17. The second-order valence-electron chi connectivity index (χ2n) is 6.11. The lowest BCUT2D eigenvalue weighted by Gasteiger charge is -2.14. The van der Waals surface area contributed by atoms with Crippen LogP contribution in [0.25, 0.3) is 6.08 Å². The molecule has 0 saturated heterocycles. The number of thiazole rings is 1. The number of hydrogen-bond acceptors (Lipinski definition) is 5. The molecule has 0 bridgehead atoms. The van der Waals surface area contributed by atoms with E-state index in [1.807, 2.05) is 48.7 Å². The molecule has 2 heterocycles. The summed E-state index contributed by atoms with van der Waals surface area (Å²) in [7, 11) is 1.77. The molecule has 138 valence electrons. The molecule has 0 aliphatic carbocycles. The van der Waals surface area contributed by atoms with E-state index in [0.717, 1.165) is 27.6 Å². The van der Waals surface area contributed by atoms with E-state index in [2.05, 4.69) is 9.97 Å². The van der Waals surface area contributed by atoms with E-state index in [1.165, 1.54) is 0 Å². The van der Waals surface area contributed by atoms with E-state index >= 15 is 0 Å².